The average Bonchev–Trinajstić information content (AvgIpc) is 3.32. The van der Waals surface area contributed by atoms with E-state index in [-0.39, 0.29) is 5.91 Å². The summed E-state index contributed by atoms with van der Waals surface area (Å²) >= 11 is 1.73. The van der Waals surface area contributed by atoms with Crippen LogP contribution in [0.2, 0.25) is 0 Å². The molecule has 6 nitrogen and oxygen atoms in total. The van der Waals surface area contributed by atoms with Gasteiger partial charge in [-0.25, -0.2) is 14.6 Å². The summed E-state index contributed by atoms with van der Waals surface area (Å²) in [5, 5.41) is 8.21. The highest BCUT2D eigenvalue weighted by Crippen LogP contribution is 2.22. The van der Waals surface area contributed by atoms with E-state index in [1.54, 1.807) is 22.3 Å². The van der Waals surface area contributed by atoms with Gasteiger partial charge in [0.05, 0.1) is 21.8 Å². The number of carbonyl (C=O) groups is 1. The number of aryl methyl sites for hydroxylation is 1. The van der Waals surface area contributed by atoms with Crippen molar-refractivity contribution < 1.29 is 4.79 Å². The normalized spacial score (nSPS) is 11.0. The van der Waals surface area contributed by atoms with E-state index in [4.69, 9.17) is 0 Å². The van der Waals surface area contributed by atoms with Crippen LogP contribution in [0.15, 0.2) is 60.9 Å². The fourth-order valence-corrected chi connectivity index (χ4v) is 3.98. The lowest BCUT2D eigenvalue weighted by molar-refractivity contribution is -0.116. The van der Waals surface area contributed by atoms with Gasteiger partial charge in [0.1, 0.15) is 6.33 Å². The van der Waals surface area contributed by atoms with Crippen molar-refractivity contribution in [2.75, 3.05) is 5.32 Å². The standard InChI is InChI=1S/C21H21N5OS/c27-19(12-6-7-13-20-23-17-10-4-5-11-18(17)28-20)24-21-22-15-26(25-21)14-16-8-2-1-3-9-16/h1-5,8-11,15H,6-7,12-14H2,(H,24,25,27). The number of benzene rings is 2. The van der Waals surface area contributed by atoms with Gasteiger partial charge in [-0.2, -0.15) is 0 Å². The number of nitrogens with one attached hydrogen (secondary N) is 1. The molecule has 1 N–H and O–H groups in total. The molecule has 0 saturated carbocycles. The second kappa shape index (κ2) is 8.75. The summed E-state index contributed by atoms with van der Waals surface area (Å²) in [6.45, 7) is 0.631. The van der Waals surface area contributed by atoms with E-state index in [2.05, 4.69) is 26.4 Å². The molecule has 0 aliphatic heterocycles. The molecule has 0 unspecified atom stereocenters. The van der Waals surface area contributed by atoms with Crippen LogP contribution in [-0.4, -0.2) is 25.7 Å². The maximum atomic E-state index is 12.1. The molecule has 2 heterocycles. The van der Waals surface area contributed by atoms with Gasteiger partial charge in [-0.3, -0.25) is 10.1 Å². The van der Waals surface area contributed by atoms with Crippen LogP contribution in [-0.2, 0) is 17.8 Å². The first-order chi connectivity index (χ1) is 13.8. The third-order valence-electron chi connectivity index (χ3n) is 4.36. The van der Waals surface area contributed by atoms with Crippen LogP contribution in [0.5, 0.6) is 0 Å². The molecule has 0 radical (unpaired) electrons. The predicted octanol–water partition coefficient (Wildman–Crippen LogP) is 4.29. The van der Waals surface area contributed by atoms with Crippen LogP contribution in [0.1, 0.15) is 29.8 Å². The molecule has 0 saturated heterocycles. The lowest BCUT2D eigenvalue weighted by Crippen LogP contribution is -2.13. The molecule has 0 atom stereocenters. The number of anilines is 1. The lowest BCUT2D eigenvalue weighted by Gasteiger charge is -2.02. The molecule has 0 fully saturated rings. The molecule has 7 heteroatoms. The van der Waals surface area contributed by atoms with E-state index >= 15 is 0 Å². The van der Waals surface area contributed by atoms with Crippen LogP contribution in [0.4, 0.5) is 5.95 Å². The second-order valence-corrected chi connectivity index (χ2v) is 7.70. The van der Waals surface area contributed by atoms with Crippen molar-refractivity contribution in [1.29, 1.82) is 0 Å². The first-order valence-electron chi connectivity index (χ1n) is 9.34. The maximum absolute atomic E-state index is 12.1. The van der Waals surface area contributed by atoms with Crippen molar-refractivity contribution in [2.24, 2.45) is 0 Å². The summed E-state index contributed by atoms with van der Waals surface area (Å²) in [6, 6.07) is 18.2. The van der Waals surface area contributed by atoms with Crippen molar-refractivity contribution in [2.45, 2.75) is 32.2 Å². The Balaban J connectivity index is 1.20. The molecular formula is C21H21N5OS. The molecule has 2 aromatic heterocycles. The Morgan fingerprint density at radius 2 is 1.86 bits per heavy atom. The highest BCUT2D eigenvalue weighted by molar-refractivity contribution is 7.18. The molecule has 0 bridgehead atoms. The van der Waals surface area contributed by atoms with Crippen molar-refractivity contribution in [3.63, 3.8) is 0 Å². The average molecular weight is 392 g/mol. The minimum Gasteiger partial charge on any atom is -0.293 e. The summed E-state index contributed by atoms with van der Waals surface area (Å²) in [6.07, 6.45) is 4.74. The number of hydrogen-bond acceptors (Lipinski definition) is 5. The SMILES string of the molecule is O=C(CCCCc1nc2ccccc2s1)Nc1ncn(Cc2ccccc2)n1. The van der Waals surface area contributed by atoms with Gasteiger partial charge in [0, 0.05) is 6.42 Å². The Bertz CT molecular complexity index is 1020. The third-order valence-corrected chi connectivity index (χ3v) is 5.45. The number of thiazole rings is 1. The molecule has 0 aliphatic rings. The van der Waals surface area contributed by atoms with Crippen molar-refractivity contribution >= 4 is 33.4 Å². The molecule has 4 rings (SSSR count). The number of fused-ring (bicyclic) bond motifs is 1. The molecule has 1 amide bonds. The molecule has 0 aliphatic carbocycles. The second-order valence-electron chi connectivity index (χ2n) is 6.58. The summed E-state index contributed by atoms with van der Waals surface area (Å²) in [5.74, 6) is 0.300. The number of nitrogens with zero attached hydrogens (tertiary/aromatic N) is 4. The minimum absolute atomic E-state index is 0.0539. The molecule has 142 valence electrons. The number of unbranched alkanes of at least 4 members (excludes halogenated alkanes) is 1. The zero-order valence-corrected chi connectivity index (χ0v) is 16.2. The van der Waals surface area contributed by atoms with Crippen molar-refractivity contribution in [3.8, 4) is 0 Å². The predicted molar refractivity (Wildman–Crippen MR) is 111 cm³/mol. The smallest absolute Gasteiger partial charge is 0.248 e. The Morgan fingerprint density at radius 3 is 2.71 bits per heavy atom. The molecule has 0 spiro atoms. The van der Waals surface area contributed by atoms with E-state index < -0.39 is 0 Å². The summed E-state index contributed by atoms with van der Waals surface area (Å²) in [5.41, 5.74) is 2.19. The fraction of sp³-hybridized carbons (Fsp3) is 0.238. The maximum Gasteiger partial charge on any atom is 0.248 e. The highest BCUT2D eigenvalue weighted by Gasteiger charge is 2.08. The van der Waals surface area contributed by atoms with E-state index in [9.17, 15) is 4.79 Å². The highest BCUT2D eigenvalue weighted by atomic mass is 32.1. The van der Waals surface area contributed by atoms with Gasteiger partial charge in [0.2, 0.25) is 11.9 Å². The zero-order valence-electron chi connectivity index (χ0n) is 15.4. The summed E-state index contributed by atoms with van der Waals surface area (Å²) in [7, 11) is 0. The third kappa shape index (κ3) is 4.80. The van der Waals surface area contributed by atoms with Crippen molar-refractivity contribution in [1.82, 2.24) is 19.7 Å². The van der Waals surface area contributed by atoms with E-state index in [1.165, 1.54) is 4.70 Å². The lowest BCUT2D eigenvalue weighted by atomic mass is 10.2. The van der Waals surface area contributed by atoms with Gasteiger partial charge in [-0.05, 0) is 37.0 Å². The molecule has 28 heavy (non-hydrogen) atoms. The molecular weight excluding hydrogens is 370 g/mol. The van der Waals surface area contributed by atoms with Gasteiger partial charge < -0.3 is 0 Å². The van der Waals surface area contributed by atoms with Gasteiger partial charge in [0.15, 0.2) is 0 Å². The van der Waals surface area contributed by atoms with Crippen LogP contribution in [0, 0.1) is 0 Å². The first kappa shape index (κ1) is 18.3. The Morgan fingerprint density at radius 1 is 1.04 bits per heavy atom. The van der Waals surface area contributed by atoms with Crippen LogP contribution < -0.4 is 5.32 Å². The quantitative estimate of drug-likeness (QED) is 0.455. The Kier molecular flexibility index (Phi) is 5.72. The minimum atomic E-state index is -0.0539. The van der Waals surface area contributed by atoms with Gasteiger partial charge in [-0.1, -0.05) is 42.5 Å². The number of amides is 1. The molecule has 4 aromatic rings. The van der Waals surface area contributed by atoms with Gasteiger partial charge in [-0.15, -0.1) is 16.4 Å². The Labute approximate surface area is 167 Å². The van der Waals surface area contributed by atoms with Gasteiger partial charge in [0.25, 0.3) is 0 Å². The number of hydrogen-bond donors (Lipinski definition) is 1. The number of carbonyl (C=O) groups excluding carboxylic acids is 1. The monoisotopic (exact) mass is 391 g/mol. The number of para-hydroxylation sites is 1. The topological polar surface area (TPSA) is 72.7 Å². The van der Waals surface area contributed by atoms with Crippen LogP contribution in [0.3, 0.4) is 0 Å². The zero-order chi connectivity index (χ0) is 19.2. The number of rotatable bonds is 8. The van der Waals surface area contributed by atoms with E-state index in [1.807, 2.05) is 48.5 Å². The fourth-order valence-electron chi connectivity index (χ4n) is 2.97. The van der Waals surface area contributed by atoms with E-state index in [0.717, 1.165) is 35.4 Å². The van der Waals surface area contributed by atoms with Crippen LogP contribution >= 0.6 is 11.3 Å². The van der Waals surface area contributed by atoms with Crippen LogP contribution in [0.25, 0.3) is 10.2 Å². The number of aromatic nitrogens is 4. The largest absolute Gasteiger partial charge is 0.293 e. The molecule has 2 aromatic carbocycles. The van der Waals surface area contributed by atoms with E-state index in [0.29, 0.717) is 18.9 Å². The summed E-state index contributed by atoms with van der Waals surface area (Å²) in [4.78, 5) is 20.9. The van der Waals surface area contributed by atoms with Gasteiger partial charge >= 0.3 is 0 Å². The first-order valence-corrected chi connectivity index (χ1v) is 10.2. The van der Waals surface area contributed by atoms with Crippen molar-refractivity contribution in [3.05, 3.63) is 71.5 Å². The summed E-state index contributed by atoms with van der Waals surface area (Å²) < 4.78 is 2.94. The Hall–Kier alpha value is -3.06.